The maximum Gasteiger partial charge on any atom is 0.0726 e. The van der Waals surface area contributed by atoms with Crippen molar-refractivity contribution >= 4 is 17.3 Å². The Bertz CT molecular complexity index is 415. The molecule has 1 aliphatic heterocycles. The molecule has 1 aromatic carbocycles. The van der Waals surface area contributed by atoms with Crippen LogP contribution in [0, 0.1) is 0 Å². The smallest absolute Gasteiger partial charge is 0.0726 e. The summed E-state index contributed by atoms with van der Waals surface area (Å²) < 4.78 is 5.80. The van der Waals surface area contributed by atoms with Gasteiger partial charge in [0.05, 0.1) is 12.2 Å². The van der Waals surface area contributed by atoms with Crippen LogP contribution in [0.4, 0.5) is 5.69 Å². The summed E-state index contributed by atoms with van der Waals surface area (Å²) in [4.78, 5) is 2.40. The summed E-state index contributed by atoms with van der Waals surface area (Å²) in [6.45, 7) is 10.1. The molecular weight excluding hydrogens is 260 g/mol. The molecule has 1 aliphatic rings. The van der Waals surface area contributed by atoms with Gasteiger partial charge in [-0.25, -0.2) is 0 Å². The third-order valence-corrected chi connectivity index (χ3v) is 3.60. The molecule has 1 heterocycles. The lowest BCUT2D eigenvalue weighted by Crippen LogP contribution is -2.46. The summed E-state index contributed by atoms with van der Waals surface area (Å²) in [5.41, 5.74) is 2.53. The average molecular weight is 283 g/mol. The minimum atomic E-state index is 0.270. The molecule has 4 heteroatoms. The van der Waals surface area contributed by atoms with Crippen molar-refractivity contribution in [3.8, 4) is 0 Å². The second-order valence-corrected chi connectivity index (χ2v) is 5.65. The van der Waals surface area contributed by atoms with E-state index in [-0.39, 0.29) is 12.2 Å². The van der Waals surface area contributed by atoms with Crippen LogP contribution < -0.4 is 10.2 Å². The molecule has 19 heavy (non-hydrogen) atoms. The highest BCUT2D eigenvalue weighted by atomic mass is 35.5. The van der Waals surface area contributed by atoms with E-state index in [4.69, 9.17) is 16.3 Å². The van der Waals surface area contributed by atoms with Crippen LogP contribution in [-0.4, -0.2) is 31.8 Å². The van der Waals surface area contributed by atoms with Crippen LogP contribution in [0.5, 0.6) is 0 Å². The molecule has 0 aromatic heterocycles. The highest BCUT2D eigenvalue weighted by Crippen LogP contribution is 2.27. The molecule has 0 spiro atoms. The standard InChI is InChI=1S/C15H23ClN2O/c1-4-17-8-13-7-14(16)5-6-15(13)18-9-11(2)19-12(3)10-18/h5-7,11-12,17H,4,8-10H2,1-3H3/t11-,12+. The average Bonchev–Trinajstić information content (AvgIpc) is 2.35. The van der Waals surface area contributed by atoms with Gasteiger partial charge in [-0.1, -0.05) is 18.5 Å². The van der Waals surface area contributed by atoms with Crippen LogP contribution >= 0.6 is 11.6 Å². The van der Waals surface area contributed by atoms with Gasteiger partial charge < -0.3 is 15.0 Å². The summed E-state index contributed by atoms with van der Waals surface area (Å²) in [5, 5.41) is 4.17. The highest BCUT2D eigenvalue weighted by Gasteiger charge is 2.23. The Hall–Kier alpha value is -0.770. The fourth-order valence-corrected chi connectivity index (χ4v) is 2.83. The maximum absolute atomic E-state index is 6.12. The van der Waals surface area contributed by atoms with E-state index in [0.717, 1.165) is 31.2 Å². The van der Waals surface area contributed by atoms with Gasteiger partial charge in [0.1, 0.15) is 0 Å². The first-order chi connectivity index (χ1) is 9.10. The van der Waals surface area contributed by atoms with Crippen molar-refractivity contribution in [2.75, 3.05) is 24.5 Å². The predicted octanol–water partition coefficient (Wildman–Crippen LogP) is 3.06. The summed E-state index contributed by atoms with van der Waals surface area (Å²) >= 11 is 6.12. The molecule has 0 radical (unpaired) electrons. The first kappa shape index (κ1) is 14.6. The van der Waals surface area contributed by atoms with Crippen LogP contribution in [0.15, 0.2) is 18.2 Å². The van der Waals surface area contributed by atoms with Crippen molar-refractivity contribution in [3.05, 3.63) is 28.8 Å². The van der Waals surface area contributed by atoms with Gasteiger partial charge in [0.2, 0.25) is 0 Å². The molecule has 1 N–H and O–H groups in total. The molecule has 0 bridgehead atoms. The second kappa shape index (κ2) is 6.60. The molecule has 0 amide bonds. The Morgan fingerprint density at radius 3 is 2.63 bits per heavy atom. The highest BCUT2D eigenvalue weighted by molar-refractivity contribution is 6.30. The number of hydrogen-bond donors (Lipinski definition) is 1. The fraction of sp³-hybridized carbons (Fsp3) is 0.600. The number of halogens is 1. The topological polar surface area (TPSA) is 24.5 Å². The summed E-state index contributed by atoms with van der Waals surface area (Å²) in [6, 6.07) is 6.15. The Kier molecular flexibility index (Phi) is 5.08. The molecule has 0 unspecified atom stereocenters. The number of morpholine rings is 1. The van der Waals surface area contributed by atoms with Crippen LogP contribution in [0.3, 0.4) is 0 Å². The van der Waals surface area contributed by atoms with Crippen molar-refractivity contribution in [1.29, 1.82) is 0 Å². The number of ether oxygens (including phenoxy) is 1. The van der Waals surface area contributed by atoms with Gasteiger partial charge in [0, 0.05) is 30.3 Å². The Labute approximate surface area is 120 Å². The first-order valence-electron chi connectivity index (χ1n) is 6.99. The van der Waals surface area contributed by atoms with Crippen LogP contribution in [0.1, 0.15) is 26.3 Å². The van der Waals surface area contributed by atoms with E-state index < -0.39 is 0 Å². The lowest BCUT2D eigenvalue weighted by molar-refractivity contribution is -0.00526. The lowest BCUT2D eigenvalue weighted by atomic mass is 10.1. The summed E-state index contributed by atoms with van der Waals surface area (Å²) in [7, 11) is 0. The van der Waals surface area contributed by atoms with Gasteiger partial charge >= 0.3 is 0 Å². The van der Waals surface area contributed by atoms with E-state index in [9.17, 15) is 0 Å². The maximum atomic E-state index is 6.12. The zero-order chi connectivity index (χ0) is 13.8. The zero-order valence-corrected chi connectivity index (χ0v) is 12.7. The predicted molar refractivity (Wildman–Crippen MR) is 81.1 cm³/mol. The van der Waals surface area contributed by atoms with Crippen LogP contribution in [0.2, 0.25) is 5.02 Å². The Morgan fingerprint density at radius 1 is 1.32 bits per heavy atom. The lowest BCUT2D eigenvalue weighted by Gasteiger charge is -2.38. The third kappa shape index (κ3) is 3.85. The van der Waals surface area contributed by atoms with Crippen molar-refractivity contribution in [3.63, 3.8) is 0 Å². The van der Waals surface area contributed by atoms with Crippen molar-refractivity contribution in [1.82, 2.24) is 5.32 Å². The van der Waals surface area contributed by atoms with Crippen LogP contribution in [-0.2, 0) is 11.3 Å². The van der Waals surface area contributed by atoms with Gasteiger partial charge in [0.25, 0.3) is 0 Å². The third-order valence-electron chi connectivity index (χ3n) is 3.37. The van der Waals surface area contributed by atoms with E-state index >= 15 is 0 Å². The zero-order valence-electron chi connectivity index (χ0n) is 11.9. The second-order valence-electron chi connectivity index (χ2n) is 5.22. The number of hydrogen-bond acceptors (Lipinski definition) is 3. The molecule has 0 saturated carbocycles. The molecule has 0 aliphatic carbocycles. The van der Waals surface area contributed by atoms with Gasteiger partial charge in [0.15, 0.2) is 0 Å². The number of nitrogens with zero attached hydrogens (tertiary/aromatic N) is 1. The monoisotopic (exact) mass is 282 g/mol. The Morgan fingerprint density at radius 2 is 2.00 bits per heavy atom. The molecule has 106 valence electrons. The molecular formula is C15H23ClN2O. The molecule has 3 nitrogen and oxygen atoms in total. The van der Waals surface area contributed by atoms with E-state index in [1.165, 1.54) is 11.3 Å². The quantitative estimate of drug-likeness (QED) is 0.919. The van der Waals surface area contributed by atoms with E-state index in [0.29, 0.717) is 0 Å². The number of nitrogens with one attached hydrogen (secondary N) is 1. The molecule has 1 saturated heterocycles. The van der Waals surface area contributed by atoms with Gasteiger partial charge in [-0.2, -0.15) is 0 Å². The summed E-state index contributed by atoms with van der Waals surface area (Å²) in [5.74, 6) is 0. The van der Waals surface area contributed by atoms with E-state index in [1.807, 2.05) is 6.07 Å². The largest absolute Gasteiger partial charge is 0.372 e. The van der Waals surface area contributed by atoms with Gasteiger partial charge in [-0.3, -0.25) is 0 Å². The molecule has 1 fully saturated rings. The SMILES string of the molecule is CCNCc1cc(Cl)ccc1N1C[C@@H](C)O[C@@H](C)C1. The normalized spacial score (nSPS) is 23.7. The number of benzene rings is 1. The molecule has 1 aromatic rings. The van der Waals surface area contributed by atoms with Crippen molar-refractivity contribution < 1.29 is 4.74 Å². The number of rotatable bonds is 4. The van der Waals surface area contributed by atoms with Gasteiger partial charge in [-0.05, 0) is 44.2 Å². The number of anilines is 1. The minimum absolute atomic E-state index is 0.270. The fourth-order valence-electron chi connectivity index (χ4n) is 2.64. The van der Waals surface area contributed by atoms with Crippen molar-refractivity contribution in [2.45, 2.75) is 39.5 Å². The van der Waals surface area contributed by atoms with Gasteiger partial charge in [-0.15, -0.1) is 0 Å². The minimum Gasteiger partial charge on any atom is -0.372 e. The van der Waals surface area contributed by atoms with E-state index in [1.54, 1.807) is 0 Å². The van der Waals surface area contributed by atoms with E-state index in [2.05, 4.69) is 43.1 Å². The van der Waals surface area contributed by atoms with Crippen LogP contribution in [0.25, 0.3) is 0 Å². The first-order valence-corrected chi connectivity index (χ1v) is 7.37. The van der Waals surface area contributed by atoms with Crippen molar-refractivity contribution in [2.24, 2.45) is 0 Å². The summed E-state index contributed by atoms with van der Waals surface area (Å²) in [6.07, 6.45) is 0.540. The molecule has 2 atom stereocenters. The Balaban J connectivity index is 2.22. The molecule has 2 rings (SSSR count).